The van der Waals surface area contributed by atoms with Crippen molar-refractivity contribution in [3.63, 3.8) is 0 Å². The minimum Gasteiger partial charge on any atom is -0.451 e. The number of halogens is 4. The van der Waals surface area contributed by atoms with Crippen molar-refractivity contribution in [2.24, 2.45) is 5.73 Å². The molecule has 1 aromatic carbocycles. The van der Waals surface area contributed by atoms with E-state index in [0.29, 0.717) is 5.56 Å². The molecule has 0 aliphatic heterocycles. The van der Waals surface area contributed by atoms with Crippen LogP contribution in [0.15, 0.2) is 24.3 Å². The lowest BCUT2D eigenvalue weighted by Crippen LogP contribution is -2.44. The maximum Gasteiger partial charge on any atom is 0.490 e. The van der Waals surface area contributed by atoms with E-state index in [9.17, 15) is 22.4 Å². The summed E-state index contributed by atoms with van der Waals surface area (Å²) in [5.41, 5.74) is 4.38. The molecule has 0 saturated heterocycles. The number of benzene rings is 1. The van der Waals surface area contributed by atoms with Gasteiger partial charge in [0.2, 0.25) is 0 Å². The van der Waals surface area contributed by atoms with Crippen LogP contribution in [0.25, 0.3) is 0 Å². The zero-order valence-corrected chi connectivity index (χ0v) is 10.1. The van der Waals surface area contributed by atoms with E-state index in [1.807, 2.05) is 0 Å². The molecule has 2 N–H and O–H groups in total. The number of nitrogens with two attached hydrogens (primary N) is 1. The largest absolute Gasteiger partial charge is 0.490 e. The average molecular weight is 279 g/mol. The van der Waals surface area contributed by atoms with Crippen LogP contribution < -0.4 is 5.73 Å². The Hall–Kier alpha value is -1.63. The summed E-state index contributed by atoms with van der Waals surface area (Å²) in [5.74, 6) is -2.76. The predicted octanol–water partition coefficient (Wildman–Crippen LogP) is 2.19. The summed E-state index contributed by atoms with van der Waals surface area (Å²) in [5, 5.41) is 0. The monoisotopic (exact) mass is 279 g/mol. The summed E-state index contributed by atoms with van der Waals surface area (Å²) in [6, 6.07) is 5.12. The lowest BCUT2D eigenvalue weighted by Gasteiger charge is -2.28. The van der Waals surface area contributed by atoms with Crippen LogP contribution in [-0.2, 0) is 16.0 Å². The molecule has 0 aliphatic carbocycles. The van der Waals surface area contributed by atoms with Gasteiger partial charge in [0.25, 0.3) is 0 Å². The molecule has 19 heavy (non-hydrogen) atoms. The lowest BCUT2D eigenvalue weighted by atomic mass is 9.96. The average Bonchev–Trinajstić information content (AvgIpc) is 2.31. The van der Waals surface area contributed by atoms with E-state index in [-0.39, 0.29) is 13.0 Å². The quantitative estimate of drug-likeness (QED) is 0.679. The molecule has 1 unspecified atom stereocenters. The van der Waals surface area contributed by atoms with Crippen molar-refractivity contribution in [3.8, 4) is 0 Å². The van der Waals surface area contributed by atoms with Gasteiger partial charge in [-0.3, -0.25) is 0 Å². The third-order valence-electron chi connectivity index (χ3n) is 2.49. The number of hydrogen-bond acceptors (Lipinski definition) is 3. The van der Waals surface area contributed by atoms with Crippen LogP contribution in [0.5, 0.6) is 0 Å². The molecule has 0 aliphatic rings. The Balaban J connectivity index is 2.80. The molecule has 0 radical (unpaired) electrons. The highest BCUT2D eigenvalue weighted by molar-refractivity contribution is 5.76. The van der Waals surface area contributed by atoms with Crippen LogP contribution in [0.3, 0.4) is 0 Å². The Bertz CT molecular complexity index is 444. The second-order valence-corrected chi connectivity index (χ2v) is 4.34. The third-order valence-corrected chi connectivity index (χ3v) is 2.49. The summed E-state index contributed by atoms with van der Waals surface area (Å²) < 4.78 is 53.5. The molecule has 106 valence electrons. The van der Waals surface area contributed by atoms with Gasteiger partial charge in [0, 0.05) is 13.0 Å². The van der Waals surface area contributed by atoms with E-state index in [4.69, 9.17) is 5.73 Å². The van der Waals surface area contributed by atoms with Crippen molar-refractivity contribution >= 4 is 5.97 Å². The summed E-state index contributed by atoms with van der Waals surface area (Å²) in [7, 11) is 0. The second kappa shape index (κ2) is 5.56. The summed E-state index contributed by atoms with van der Waals surface area (Å²) in [6.07, 6.45) is -5.11. The zero-order valence-electron chi connectivity index (χ0n) is 10.1. The first-order valence-corrected chi connectivity index (χ1v) is 5.41. The molecule has 3 nitrogen and oxygen atoms in total. The Labute approximate surface area is 107 Å². The Morgan fingerprint density at radius 2 is 1.79 bits per heavy atom. The van der Waals surface area contributed by atoms with Gasteiger partial charge in [-0.1, -0.05) is 12.1 Å². The van der Waals surface area contributed by atoms with Crippen molar-refractivity contribution < 1.29 is 27.1 Å². The first kappa shape index (κ1) is 15.4. The van der Waals surface area contributed by atoms with Crippen molar-refractivity contribution in [3.05, 3.63) is 35.6 Å². The molecule has 0 saturated carbocycles. The SMILES string of the molecule is CC(CN)(Cc1ccc(F)cc1)OC(=O)C(F)(F)F. The smallest absolute Gasteiger partial charge is 0.451 e. The Morgan fingerprint density at radius 1 is 1.26 bits per heavy atom. The van der Waals surface area contributed by atoms with Gasteiger partial charge in [0.15, 0.2) is 0 Å². The summed E-state index contributed by atoms with van der Waals surface area (Å²) in [4.78, 5) is 10.8. The molecular weight excluding hydrogens is 266 g/mol. The molecule has 1 atom stereocenters. The third kappa shape index (κ3) is 4.51. The van der Waals surface area contributed by atoms with E-state index in [2.05, 4.69) is 4.74 Å². The normalized spacial score (nSPS) is 14.8. The minimum absolute atomic E-state index is 0.0361. The molecule has 0 fully saturated rings. The van der Waals surface area contributed by atoms with Gasteiger partial charge in [-0.2, -0.15) is 13.2 Å². The molecular formula is C12H13F4NO2. The van der Waals surface area contributed by atoms with E-state index in [0.717, 1.165) is 12.1 Å². The maximum atomic E-state index is 12.7. The van der Waals surface area contributed by atoms with E-state index < -0.39 is 23.6 Å². The molecule has 0 spiro atoms. The predicted molar refractivity (Wildman–Crippen MR) is 59.7 cm³/mol. The molecule has 0 aromatic heterocycles. The maximum absolute atomic E-state index is 12.7. The molecule has 0 amide bonds. The van der Waals surface area contributed by atoms with Crippen LogP contribution >= 0.6 is 0 Å². The Kier molecular flexibility index (Phi) is 4.52. The number of carbonyl (C=O) groups is 1. The summed E-state index contributed by atoms with van der Waals surface area (Å²) >= 11 is 0. The van der Waals surface area contributed by atoms with Crippen LogP contribution in [0.4, 0.5) is 17.6 Å². The fourth-order valence-corrected chi connectivity index (χ4v) is 1.47. The first-order chi connectivity index (χ1) is 8.66. The Morgan fingerprint density at radius 3 is 2.21 bits per heavy atom. The number of ether oxygens (including phenoxy) is 1. The fraction of sp³-hybridized carbons (Fsp3) is 0.417. The van der Waals surface area contributed by atoms with Gasteiger partial charge in [-0.15, -0.1) is 0 Å². The first-order valence-electron chi connectivity index (χ1n) is 5.41. The van der Waals surface area contributed by atoms with Crippen LogP contribution in [-0.4, -0.2) is 24.3 Å². The van der Waals surface area contributed by atoms with Crippen LogP contribution in [0.1, 0.15) is 12.5 Å². The van der Waals surface area contributed by atoms with Crippen molar-refractivity contribution in [2.75, 3.05) is 6.54 Å². The lowest BCUT2D eigenvalue weighted by molar-refractivity contribution is -0.212. The second-order valence-electron chi connectivity index (χ2n) is 4.34. The van der Waals surface area contributed by atoms with Crippen LogP contribution in [0, 0.1) is 5.82 Å². The van der Waals surface area contributed by atoms with Crippen molar-refractivity contribution in [2.45, 2.75) is 25.1 Å². The van der Waals surface area contributed by atoms with E-state index in [1.54, 1.807) is 0 Å². The van der Waals surface area contributed by atoms with Gasteiger partial charge in [-0.05, 0) is 24.6 Å². The van der Waals surface area contributed by atoms with Crippen molar-refractivity contribution in [1.82, 2.24) is 0 Å². The van der Waals surface area contributed by atoms with Crippen LogP contribution in [0.2, 0.25) is 0 Å². The van der Waals surface area contributed by atoms with Gasteiger partial charge in [0.1, 0.15) is 11.4 Å². The van der Waals surface area contributed by atoms with Gasteiger partial charge < -0.3 is 10.5 Å². The highest BCUT2D eigenvalue weighted by atomic mass is 19.4. The molecule has 0 heterocycles. The minimum atomic E-state index is -5.07. The van der Waals surface area contributed by atoms with Gasteiger partial charge >= 0.3 is 12.1 Å². The molecule has 1 aromatic rings. The summed E-state index contributed by atoms with van der Waals surface area (Å²) in [6.45, 7) is 1.01. The topological polar surface area (TPSA) is 52.3 Å². The number of esters is 1. The van der Waals surface area contributed by atoms with E-state index >= 15 is 0 Å². The van der Waals surface area contributed by atoms with Gasteiger partial charge in [0.05, 0.1) is 0 Å². The fourth-order valence-electron chi connectivity index (χ4n) is 1.47. The molecule has 7 heteroatoms. The number of carbonyl (C=O) groups excluding carboxylic acids is 1. The van der Waals surface area contributed by atoms with Gasteiger partial charge in [-0.25, -0.2) is 9.18 Å². The molecule has 1 rings (SSSR count). The highest BCUT2D eigenvalue weighted by Gasteiger charge is 2.44. The zero-order chi connectivity index (χ0) is 14.7. The highest BCUT2D eigenvalue weighted by Crippen LogP contribution is 2.23. The molecule has 0 bridgehead atoms. The number of hydrogen-bond donors (Lipinski definition) is 1. The number of rotatable bonds is 4. The number of alkyl halides is 3. The standard InChI is InChI=1S/C12H13F4NO2/c1-11(7-17,19-10(18)12(14,15)16)6-8-2-4-9(13)5-3-8/h2-5H,6-7,17H2,1H3. The van der Waals surface area contributed by atoms with E-state index in [1.165, 1.54) is 19.1 Å². The van der Waals surface area contributed by atoms with Crippen molar-refractivity contribution in [1.29, 1.82) is 0 Å².